The highest BCUT2D eigenvalue weighted by molar-refractivity contribution is 6.07. The highest BCUT2D eigenvalue weighted by Gasteiger charge is 2.22. The van der Waals surface area contributed by atoms with E-state index in [2.05, 4.69) is 5.10 Å². The van der Waals surface area contributed by atoms with Gasteiger partial charge in [-0.1, -0.05) is 18.2 Å². The van der Waals surface area contributed by atoms with E-state index in [-0.39, 0.29) is 17.2 Å². The van der Waals surface area contributed by atoms with Crippen LogP contribution in [0.4, 0.5) is 10.1 Å². The predicted octanol–water partition coefficient (Wildman–Crippen LogP) is 2.36. The maximum absolute atomic E-state index is 12.7. The molecule has 0 radical (unpaired) electrons. The Bertz CT molecular complexity index is 689. The van der Waals surface area contributed by atoms with Crippen LogP contribution in [0.15, 0.2) is 36.5 Å². The number of aromatic nitrogens is 2. The standard InChI is InChI=1S/C13H10FN3O3/c1-16-8-11(17(19)20)13(15-16)12(18)7-4-9-2-5-10(14)6-3-9/h2-8H,1H3/b7-4+. The predicted molar refractivity (Wildman–Crippen MR) is 69.6 cm³/mol. The molecule has 102 valence electrons. The summed E-state index contributed by atoms with van der Waals surface area (Å²) in [5.41, 5.74) is 0.0375. The van der Waals surface area contributed by atoms with Gasteiger partial charge in [-0.2, -0.15) is 5.10 Å². The number of nitro groups is 1. The SMILES string of the molecule is Cn1cc([N+](=O)[O-])c(C(=O)/C=C/c2ccc(F)cc2)n1. The van der Waals surface area contributed by atoms with Crippen molar-refractivity contribution in [3.63, 3.8) is 0 Å². The van der Waals surface area contributed by atoms with Crippen LogP contribution in [0.25, 0.3) is 6.08 Å². The molecule has 1 heterocycles. The minimum absolute atomic E-state index is 0.226. The van der Waals surface area contributed by atoms with Crippen LogP contribution in [0.5, 0.6) is 0 Å². The third-order valence-electron chi connectivity index (χ3n) is 2.54. The summed E-state index contributed by atoms with van der Waals surface area (Å²) in [4.78, 5) is 22.0. The maximum Gasteiger partial charge on any atom is 0.318 e. The lowest BCUT2D eigenvalue weighted by Gasteiger charge is -1.93. The monoisotopic (exact) mass is 275 g/mol. The fourth-order valence-corrected chi connectivity index (χ4v) is 1.61. The molecule has 7 heteroatoms. The summed E-state index contributed by atoms with van der Waals surface area (Å²) in [6, 6.07) is 5.50. The van der Waals surface area contributed by atoms with Gasteiger partial charge < -0.3 is 0 Å². The van der Waals surface area contributed by atoms with E-state index in [9.17, 15) is 19.3 Å². The van der Waals surface area contributed by atoms with Crippen LogP contribution >= 0.6 is 0 Å². The van der Waals surface area contributed by atoms with Gasteiger partial charge >= 0.3 is 5.69 Å². The van der Waals surface area contributed by atoms with Gasteiger partial charge in [0.25, 0.3) is 0 Å². The van der Waals surface area contributed by atoms with Crippen molar-refractivity contribution in [3.05, 3.63) is 63.7 Å². The summed E-state index contributed by atoms with van der Waals surface area (Å²) < 4.78 is 13.9. The van der Waals surface area contributed by atoms with Crippen molar-refractivity contribution in [1.82, 2.24) is 9.78 Å². The molecule has 6 nitrogen and oxygen atoms in total. The number of ketones is 1. The zero-order valence-electron chi connectivity index (χ0n) is 10.5. The second kappa shape index (κ2) is 5.43. The summed E-state index contributed by atoms with van der Waals surface area (Å²) in [5, 5.41) is 14.6. The number of aryl methyl sites for hydroxylation is 1. The van der Waals surface area contributed by atoms with Gasteiger partial charge in [0.2, 0.25) is 11.5 Å². The van der Waals surface area contributed by atoms with E-state index in [0.717, 1.165) is 0 Å². The van der Waals surface area contributed by atoms with Crippen molar-refractivity contribution in [2.75, 3.05) is 0 Å². The van der Waals surface area contributed by atoms with Crippen LogP contribution in [-0.4, -0.2) is 20.5 Å². The van der Waals surface area contributed by atoms with Crippen molar-refractivity contribution >= 4 is 17.5 Å². The van der Waals surface area contributed by atoms with E-state index in [1.54, 1.807) is 0 Å². The van der Waals surface area contributed by atoms with Gasteiger partial charge in [-0.25, -0.2) is 4.39 Å². The molecule has 0 aliphatic rings. The molecule has 0 amide bonds. The van der Waals surface area contributed by atoms with Gasteiger partial charge in [-0.05, 0) is 23.8 Å². The second-order valence-corrected chi connectivity index (χ2v) is 4.04. The number of rotatable bonds is 4. The molecule has 1 aromatic carbocycles. The third-order valence-corrected chi connectivity index (χ3v) is 2.54. The Labute approximate surface area is 113 Å². The van der Waals surface area contributed by atoms with Crippen molar-refractivity contribution in [1.29, 1.82) is 0 Å². The molecule has 0 saturated heterocycles. The van der Waals surface area contributed by atoms with E-state index in [0.29, 0.717) is 5.56 Å². The van der Waals surface area contributed by atoms with E-state index in [4.69, 9.17) is 0 Å². The molecule has 0 saturated carbocycles. The van der Waals surface area contributed by atoms with Gasteiger partial charge in [-0.3, -0.25) is 19.6 Å². The quantitative estimate of drug-likeness (QED) is 0.371. The normalized spacial score (nSPS) is 10.9. The fraction of sp³-hybridized carbons (Fsp3) is 0.0769. The first-order valence-electron chi connectivity index (χ1n) is 5.63. The molecule has 0 fully saturated rings. The maximum atomic E-state index is 12.7. The van der Waals surface area contributed by atoms with E-state index >= 15 is 0 Å². The van der Waals surface area contributed by atoms with Gasteiger partial charge in [0.15, 0.2) is 0 Å². The summed E-state index contributed by atoms with van der Waals surface area (Å²) in [7, 11) is 1.49. The molecule has 20 heavy (non-hydrogen) atoms. The third kappa shape index (κ3) is 2.94. The number of benzene rings is 1. The smallest absolute Gasteiger partial charge is 0.287 e. The van der Waals surface area contributed by atoms with Crippen LogP contribution < -0.4 is 0 Å². The lowest BCUT2D eigenvalue weighted by Crippen LogP contribution is -2.01. The Hall–Kier alpha value is -2.83. The average Bonchev–Trinajstić information content (AvgIpc) is 2.80. The number of allylic oxidation sites excluding steroid dienone is 1. The zero-order chi connectivity index (χ0) is 14.7. The average molecular weight is 275 g/mol. The molecule has 0 bridgehead atoms. The summed E-state index contributed by atoms with van der Waals surface area (Å²) in [6.07, 6.45) is 3.78. The largest absolute Gasteiger partial charge is 0.318 e. The van der Waals surface area contributed by atoms with Crippen LogP contribution in [0.3, 0.4) is 0 Å². The molecule has 1 aromatic heterocycles. The van der Waals surface area contributed by atoms with Gasteiger partial charge in [0.05, 0.1) is 4.92 Å². The van der Waals surface area contributed by atoms with Crippen LogP contribution in [-0.2, 0) is 7.05 Å². The topological polar surface area (TPSA) is 78.0 Å². The molecule has 0 aliphatic heterocycles. The fourth-order valence-electron chi connectivity index (χ4n) is 1.61. The minimum Gasteiger partial charge on any atom is -0.287 e. The Morgan fingerprint density at radius 1 is 1.40 bits per heavy atom. The first-order chi connectivity index (χ1) is 9.47. The van der Waals surface area contributed by atoms with Crippen molar-refractivity contribution in [2.24, 2.45) is 7.05 Å². The molecular weight excluding hydrogens is 265 g/mol. The Morgan fingerprint density at radius 2 is 2.05 bits per heavy atom. The Balaban J connectivity index is 2.24. The molecule has 0 aliphatic carbocycles. The number of hydrogen-bond acceptors (Lipinski definition) is 4. The van der Waals surface area contributed by atoms with Gasteiger partial charge in [0, 0.05) is 7.05 Å². The molecule has 0 spiro atoms. The number of nitrogens with zero attached hydrogens (tertiary/aromatic N) is 3. The molecule has 0 atom stereocenters. The van der Waals surface area contributed by atoms with E-state index in [1.165, 1.54) is 54.3 Å². The molecule has 2 rings (SSSR count). The Morgan fingerprint density at radius 3 is 2.65 bits per heavy atom. The summed E-state index contributed by atoms with van der Waals surface area (Å²) >= 11 is 0. The first kappa shape index (κ1) is 13.6. The molecule has 0 N–H and O–H groups in total. The van der Waals surface area contributed by atoms with Crippen LogP contribution in [0.2, 0.25) is 0 Å². The highest BCUT2D eigenvalue weighted by Crippen LogP contribution is 2.17. The number of carbonyl (C=O) groups excluding carboxylic acids is 1. The first-order valence-corrected chi connectivity index (χ1v) is 5.63. The van der Waals surface area contributed by atoms with E-state index in [1.807, 2.05) is 0 Å². The van der Waals surface area contributed by atoms with Gasteiger partial charge in [-0.15, -0.1) is 0 Å². The van der Waals surface area contributed by atoms with Gasteiger partial charge in [0.1, 0.15) is 12.0 Å². The highest BCUT2D eigenvalue weighted by atomic mass is 19.1. The lowest BCUT2D eigenvalue weighted by atomic mass is 10.1. The number of halogens is 1. The van der Waals surface area contributed by atoms with Crippen LogP contribution in [0, 0.1) is 15.9 Å². The lowest BCUT2D eigenvalue weighted by molar-refractivity contribution is -0.385. The zero-order valence-corrected chi connectivity index (χ0v) is 10.5. The number of hydrogen-bond donors (Lipinski definition) is 0. The molecular formula is C13H10FN3O3. The molecule has 0 unspecified atom stereocenters. The summed E-state index contributed by atoms with van der Waals surface area (Å²) in [6.45, 7) is 0. The minimum atomic E-state index is -0.661. The summed E-state index contributed by atoms with van der Waals surface area (Å²) in [5.74, 6) is -0.963. The molecule has 2 aromatic rings. The second-order valence-electron chi connectivity index (χ2n) is 4.04. The van der Waals surface area contributed by atoms with E-state index < -0.39 is 10.7 Å². The van der Waals surface area contributed by atoms with Crippen molar-refractivity contribution in [3.8, 4) is 0 Å². The van der Waals surface area contributed by atoms with Crippen molar-refractivity contribution < 1.29 is 14.1 Å². The Kier molecular flexibility index (Phi) is 3.69. The van der Waals surface area contributed by atoms with Crippen LogP contribution in [0.1, 0.15) is 16.1 Å². The van der Waals surface area contributed by atoms with Crippen molar-refractivity contribution in [2.45, 2.75) is 0 Å². The number of carbonyl (C=O) groups is 1.